The molecule has 1 aromatic heterocycles. The Balaban J connectivity index is 1.88. The molecule has 1 unspecified atom stereocenters. The van der Waals surface area contributed by atoms with Gasteiger partial charge in [0.1, 0.15) is 6.10 Å². The summed E-state index contributed by atoms with van der Waals surface area (Å²) in [5.74, 6) is 2.08. The highest BCUT2D eigenvalue weighted by molar-refractivity contribution is 4.91. The van der Waals surface area contributed by atoms with Gasteiger partial charge in [0.15, 0.2) is 5.82 Å². The van der Waals surface area contributed by atoms with Crippen LogP contribution in [-0.2, 0) is 11.2 Å². The minimum atomic E-state index is -0.0782. The lowest BCUT2D eigenvalue weighted by molar-refractivity contribution is 0.0683. The predicted molar refractivity (Wildman–Crippen MR) is 63.6 cm³/mol. The van der Waals surface area contributed by atoms with Crippen molar-refractivity contribution in [1.29, 1.82) is 0 Å². The fourth-order valence-corrected chi connectivity index (χ4v) is 2.17. The van der Waals surface area contributed by atoms with Gasteiger partial charge in [0.2, 0.25) is 5.89 Å². The van der Waals surface area contributed by atoms with Gasteiger partial charge in [-0.1, -0.05) is 5.16 Å². The first-order chi connectivity index (χ1) is 8.29. The summed E-state index contributed by atoms with van der Waals surface area (Å²) in [6, 6.07) is 0. The Labute approximate surface area is 102 Å². The Hall–Kier alpha value is -0.940. The maximum atomic E-state index is 5.44. The van der Waals surface area contributed by atoms with E-state index >= 15 is 0 Å². The molecule has 1 aromatic rings. The van der Waals surface area contributed by atoms with Crippen LogP contribution in [0.1, 0.15) is 44.5 Å². The average Bonchev–Trinajstić information content (AvgIpc) is 2.79. The molecule has 1 N–H and O–H groups in total. The summed E-state index contributed by atoms with van der Waals surface area (Å²) in [6.45, 7) is 6.77. The van der Waals surface area contributed by atoms with Crippen molar-refractivity contribution < 1.29 is 9.26 Å². The highest BCUT2D eigenvalue weighted by Crippen LogP contribution is 2.19. The standard InChI is InChI=1S/C12H21N3O2/c1-3-16-9(2)12-14-11(17-15-12)8-10-4-6-13-7-5-10/h9-10,13H,3-8H2,1-2H3. The fraction of sp³-hybridized carbons (Fsp3) is 0.833. The molecule has 0 aliphatic carbocycles. The monoisotopic (exact) mass is 239 g/mol. The summed E-state index contributed by atoms with van der Waals surface area (Å²) < 4.78 is 10.7. The number of piperidine rings is 1. The second kappa shape index (κ2) is 6.12. The van der Waals surface area contributed by atoms with Crippen molar-refractivity contribution in [3.63, 3.8) is 0 Å². The van der Waals surface area contributed by atoms with E-state index in [2.05, 4.69) is 15.5 Å². The van der Waals surface area contributed by atoms with Crippen LogP contribution in [0.4, 0.5) is 0 Å². The summed E-state index contributed by atoms with van der Waals surface area (Å²) in [5.41, 5.74) is 0. The number of ether oxygens (including phenoxy) is 1. The predicted octanol–water partition coefficient (Wildman–Crippen LogP) is 1.71. The lowest BCUT2D eigenvalue weighted by Crippen LogP contribution is -2.28. The van der Waals surface area contributed by atoms with Gasteiger partial charge in [-0.3, -0.25) is 0 Å². The third kappa shape index (κ3) is 3.51. The lowest BCUT2D eigenvalue weighted by Gasteiger charge is -2.20. The molecule has 0 aromatic carbocycles. The van der Waals surface area contributed by atoms with E-state index in [9.17, 15) is 0 Å². The molecule has 2 heterocycles. The molecule has 0 radical (unpaired) electrons. The van der Waals surface area contributed by atoms with Crippen molar-refractivity contribution in [1.82, 2.24) is 15.5 Å². The highest BCUT2D eigenvalue weighted by Gasteiger charge is 2.19. The molecule has 0 bridgehead atoms. The van der Waals surface area contributed by atoms with Crippen molar-refractivity contribution >= 4 is 0 Å². The number of nitrogens with zero attached hydrogens (tertiary/aromatic N) is 2. The van der Waals surface area contributed by atoms with E-state index in [0.717, 1.165) is 25.4 Å². The second-order valence-corrected chi connectivity index (χ2v) is 4.54. The Morgan fingerprint density at radius 1 is 1.47 bits per heavy atom. The van der Waals surface area contributed by atoms with E-state index in [4.69, 9.17) is 9.26 Å². The molecule has 1 aliphatic heterocycles. The van der Waals surface area contributed by atoms with E-state index in [1.54, 1.807) is 0 Å². The van der Waals surface area contributed by atoms with Gasteiger partial charge in [0.25, 0.3) is 0 Å². The van der Waals surface area contributed by atoms with E-state index in [1.807, 2.05) is 13.8 Å². The van der Waals surface area contributed by atoms with Crippen LogP contribution in [0.15, 0.2) is 4.52 Å². The van der Waals surface area contributed by atoms with Crippen LogP contribution >= 0.6 is 0 Å². The SMILES string of the molecule is CCOC(C)c1noc(CC2CCNCC2)n1. The minimum Gasteiger partial charge on any atom is -0.371 e. The Bertz CT molecular complexity index is 334. The van der Waals surface area contributed by atoms with Crippen LogP contribution in [0.2, 0.25) is 0 Å². The first kappa shape index (κ1) is 12.5. The lowest BCUT2D eigenvalue weighted by atomic mass is 9.95. The summed E-state index contributed by atoms with van der Waals surface area (Å²) in [5, 5.41) is 7.33. The molecule has 17 heavy (non-hydrogen) atoms. The number of aromatic nitrogens is 2. The summed E-state index contributed by atoms with van der Waals surface area (Å²) in [4.78, 5) is 4.40. The molecule has 5 heteroatoms. The molecule has 1 fully saturated rings. The molecule has 0 saturated carbocycles. The molecule has 1 saturated heterocycles. The van der Waals surface area contributed by atoms with Gasteiger partial charge >= 0.3 is 0 Å². The number of rotatable bonds is 5. The van der Waals surface area contributed by atoms with Crippen molar-refractivity contribution in [3.05, 3.63) is 11.7 Å². The third-order valence-electron chi connectivity index (χ3n) is 3.19. The number of hydrogen-bond donors (Lipinski definition) is 1. The molecule has 0 amide bonds. The van der Waals surface area contributed by atoms with Crippen LogP contribution < -0.4 is 5.32 Å². The van der Waals surface area contributed by atoms with Crippen molar-refractivity contribution in [2.75, 3.05) is 19.7 Å². The van der Waals surface area contributed by atoms with E-state index in [-0.39, 0.29) is 6.10 Å². The molecule has 0 spiro atoms. The van der Waals surface area contributed by atoms with Crippen LogP contribution in [-0.4, -0.2) is 29.8 Å². The third-order valence-corrected chi connectivity index (χ3v) is 3.19. The van der Waals surface area contributed by atoms with Gasteiger partial charge in [-0.2, -0.15) is 4.98 Å². The Morgan fingerprint density at radius 3 is 2.94 bits per heavy atom. The molecule has 1 atom stereocenters. The number of nitrogens with one attached hydrogen (secondary N) is 1. The molecular weight excluding hydrogens is 218 g/mol. The zero-order chi connectivity index (χ0) is 12.1. The molecular formula is C12H21N3O2. The normalized spacial score (nSPS) is 19.4. The van der Waals surface area contributed by atoms with Gasteiger partial charge in [0, 0.05) is 13.0 Å². The quantitative estimate of drug-likeness (QED) is 0.847. The van der Waals surface area contributed by atoms with Crippen LogP contribution in [0, 0.1) is 5.92 Å². The average molecular weight is 239 g/mol. The Morgan fingerprint density at radius 2 is 2.24 bits per heavy atom. The summed E-state index contributed by atoms with van der Waals surface area (Å²) in [7, 11) is 0. The van der Waals surface area contributed by atoms with Crippen LogP contribution in [0.5, 0.6) is 0 Å². The first-order valence-corrected chi connectivity index (χ1v) is 6.44. The topological polar surface area (TPSA) is 60.2 Å². The molecule has 96 valence electrons. The molecule has 2 rings (SSSR count). The van der Waals surface area contributed by atoms with Gasteiger partial charge in [-0.05, 0) is 45.7 Å². The zero-order valence-corrected chi connectivity index (χ0v) is 10.6. The van der Waals surface area contributed by atoms with Gasteiger partial charge in [0.05, 0.1) is 0 Å². The van der Waals surface area contributed by atoms with Crippen LogP contribution in [0.3, 0.4) is 0 Å². The largest absolute Gasteiger partial charge is 0.371 e. The van der Waals surface area contributed by atoms with Crippen molar-refractivity contribution in [3.8, 4) is 0 Å². The maximum Gasteiger partial charge on any atom is 0.227 e. The van der Waals surface area contributed by atoms with Gasteiger partial charge < -0.3 is 14.6 Å². The highest BCUT2D eigenvalue weighted by atomic mass is 16.5. The summed E-state index contributed by atoms with van der Waals surface area (Å²) in [6.07, 6.45) is 3.20. The zero-order valence-electron chi connectivity index (χ0n) is 10.6. The first-order valence-electron chi connectivity index (χ1n) is 6.44. The molecule has 5 nitrogen and oxygen atoms in total. The van der Waals surface area contributed by atoms with Crippen LogP contribution in [0.25, 0.3) is 0 Å². The maximum absolute atomic E-state index is 5.44. The van der Waals surface area contributed by atoms with E-state index < -0.39 is 0 Å². The van der Waals surface area contributed by atoms with Gasteiger partial charge in [-0.15, -0.1) is 0 Å². The molecule has 1 aliphatic rings. The second-order valence-electron chi connectivity index (χ2n) is 4.54. The minimum absolute atomic E-state index is 0.0782. The summed E-state index contributed by atoms with van der Waals surface area (Å²) >= 11 is 0. The van der Waals surface area contributed by atoms with Gasteiger partial charge in [-0.25, -0.2) is 0 Å². The Kier molecular flexibility index (Phi) is 4.50. The van der Waals surface area contributed by atoms with E-state index in [0.29, 0.717) is 18.3 Å². The van der Waals surface area contributed by atoms with Crippen molar-refractivity contribution in [2.24, 2.45) is 5.92 Å². The van der Waals surface area contributed by atoms with Crippen molar-refractivity contribution in [2.45, 2.75) is 39.2 Å². The fourth-order valence-electron chi connectivity index (χ4n) is 2.17. The smallest absolute Gasteiger partial charge is 0.227 e. The number of hydrogen-bond acceptors (Lipinski definition) is 5. The van der Waals surface area contributed by atoms with E-state index in [1.165, 1.54) is 12.8 Å².